The van der Waals surface area contributed by atoms with Gasteiger partial charge in [-0.15, -0.1) is 0 Å². The molecule has 7 nitrogen and oxygen atoms in total. The van der Waals surface area contributed by atoms with Gasteiger partial charge in [-0.05, 0) is 70.6 Å². The molecule has 0 saturated heterocycles. The topological polar surface area (TPSA) is 112 Å². The first kappa shape index (κ1) is 31.1. The van der Waals surface area contributed by atoms with Crippen LogP contribution in [-0.2, 0) is 14.4 Å². The van der Waals surface area contributed by atoms with E-state index in [4.69, 9.17) is 15.3 Å². The number of carbonyl (C=O) groups is 3. The van der Waals surface area contributed by atoms with Crippen molar-refractivity contribution in [3.63, 3.8) is 0 Å². The molecule has 192 valence electrons. The number of nitrogens with zero attached hydrogens (tertiary/aromatic N) is 1. The van der Waals surface area contributed by atoms with Crippen molar-refractivity contribution < 1.29 is 34.2 Å². The summed E-state index contributed by atoms with van der Waals surface area (Å²) in [5.41, 5.74) is 0. The van der Waals surface area contributed by atoms with E-state index in [9.17, 15) is 14.4 Å². The fraction of sp³-hybridized carbons (Fsp3) is 0.808. The quantitative estimate of drug-likeness (QED) is 0.0923. The van der Waals surface area contributed by atoms with E-state index in [1.807, 2.05) is 0 Å². The van der Waals surface area contributed by atoms with E-state index >= 15 is 0 Å². The standard InChI is InChI=1S/C26H47NO6/c1-2-3-4-5-6-7-8-9-13-20-27(21-14-10-17-24(28)29,22-15-11-18-25(30)31)23-16-12-19-26(32)33/h4-5H,2-3,6-23H2,1H3,(H2-,28,29,30,31,32,33)/p+1/b5-4+. The third-order valence-electron chi connectivity index (χ3n) is 6.19. The summed E-state index contributed by atoms with van der Waals surface area (Å²) in [6, 6.07) is 0. The monoisotopic (exact) mass is 470 g/mol. The molecule has 33 heavy (non-hydrogen) atoms. The molecule has 0 aromatic rings. The highest BCUT2D eigenvalue weighted by atomic mass is 16.4. The van der Waals surface area contributed by atoms with Crippen molar-refractivity contribution in [2.24, 2.45) is 0 Å². The van der Waals surface area contributed by atoms with Crippen LogP contribution in [0.25, 0.3) is 0 Å². The molecule has 0 aliphatic heterocycles. The van der Waals surface area contributed by atoms with Crippen LogP contribution in [0.2, 0.25) is 0 Å². The predicted octanol–water partition coefficient (Wildman–Crippen LogP) is 5.87. The molecule has 0 spiro atoms. The molecule has 0 aromatic heterocycles. The Hall–Kier alpha value is -1.89. The second-order valence-corrected chi connectivity index (χ2v) is 9.25. The molecule has 0 unspecified atom stereocenters. The van der Waals surface area contributed by atoms with Gasteiger partial charge >= 0.3 is 17.9 Å². The summed E-state index contributed by atoms with van der Waals surface area (Å²) in [6.07, 6.45) is 17.5. The molecule has 0 aromatic carbocycles. The SMILES string of the molecule is CCC/C=C/CCCCCC[N+](CCCCC(=O)O)(CCCCC(=O)O)CCCCC(=O)O. The summed E-state index contributed by atoms with van der Waals surface area (Å²) in [4.78, 5) is 32.7. The molecular weight excluding hydrogens is 422 g/mol. The largest absolute Gasteiger partial charge is 0.481 e. The second kappa shape index (κ2) is 20.7. The fourth-order valence-corrected chi connectivity index (χ4v) is 4.31. The first-order chi connectivity index (χ1) is 15.8. The molecule has 0 heterocycles. The maximum Gasteiger partial charge on any atom is 0.303 e. The van der Waals surface area contributed by atoms with E-state index in [-0.39, 0.29) is 19.3 Å². The molecule has 0 saturated carbocycles. The highest BCUT2D eigenvalue weighted by Crippen LogP contribution is 2.19. The molecule has 0 radical (unpaired) electrons. The van der Waals surface area contributed by atoms with Crippen molar-refractivity contribution in [1.82, 2.24) is 0 Å². The first-order valence-electron chi connectivity index (χ1n) is 13.0. The Balaban J connectivity index is 4.83. The van der Waals surface area contributed by atoms with Crippen LogP contribution >= 0.6 is 0 Å². The van der Waals surface area contributed by atoms with Crippen molar-refractivity contribution in [2.75, 3.05) is 26.2 Å². The lowest BCUT2D eigenvalue weighted by molar-refractivity contribution is -0.929. The van der Waals surface area contributed by atoms with Gasteiger partial charge in [0.25, 0.3) is 0 Å². The highest BCUT2D eigenvalue weighted by Gasteiger charge is 2.26. The molecule has 7 heteroatoms. The number of hydrogen-bond acceptors (Lipinski definition) is 3. The third kappa shape index (κ3) is 20.4. The average Bonchev–Trinajstić information content (AvgIpc) is 2.75. The van der Waals surface area contributed by atoms with E-state index in [1.54, 1.807) is 0 Å². The van der Waals surface area contributed by atoms with Gasteiger partial charge in [0.05, 0.1) is 26.2 Å². The Morgan fingerprint density at radius 2 is 0.909 bits per heavy atom. The van der Waals surface area contributed by atoms with Crippen LogP contribution in [0.1, 0.15) is 110 Å². The summed E-state index contributed by atoms with van der Waals surface area (Å²) in [5.74, 6) is -2.32. The Kier molecular flexibility index (Phi) is 19.5. The maximum absolute atomic E-state index is 10.9. The number of unbranched alkanes of at least 4 members (excludes halogenated alkanes) is 8. The summed E-state index contributed by atoms with van der Waals surface area (Å²) >= 11 is 0. The van der Waals surface area contributed by atoms with Crippen molar-refractivity contribution in [3.05, 3.63) is 12.2 Å². The van der Waals surface area contributed by atoms with Gasteiger partial charge in [0.2, 0.25) is 0 Å². The summed E-state index contributed by atoms with van der Waals surface area (Å²) in [7, 11) is 0. The molecule has 0 bridgehead atoms. The van der Waals surface area contributed by atoms with Crippen LogP contribution in [0.4, 0.5) is 0 Å². The number of carboxylic acid groups (broad SMARTS) is 3. The molecule has 3 N–H and O–H groups in total. The summed E-state index contributed by atoms with van der Waals surface area (Å²) < 4.78 is 0.856. The van der Waals surface area contributed by atoms with Crippen molar-refractivity contribution in [3.8, 4) is 0 Å². The lowest BCUT2D eigenvalue weighted by Gasteiger charge is -2.39. The first-order valence-corrected chi connectivity index (χ1v) is 13.0. The number of rotatable bonds is 24. The van der Waals surface area contributed by atoms with Gasteiger partial charge in [-0.1, -0.05) is 31.9 Å². The van der Waals surface area contributed by atoms with Crippen LogP contribution in [-0.4, -0.2) is 63.9 Å². The van der Waals surface area contributed by atoms with E-state index in [0.717, 1.165) is 75.6 Å². The molecule has 0 fully saturated rings. The van der Waals surface area contributed by atoms with Gasteiger partial charge in [-0.25, -0.2) is 0 Å². The van der Waals surface area contributed by atoms with Gasteiger partial charge in [-0.3, -0.25) is 14.4 Å². The van der Waals surface area contributed by atoms with Gasteiger partial charge < -0.3 is 19.8 Å². The van der Waals surface area contributed by atoms with Crippen molar-refractivity contribution in [2.45, 2.75) is 110 Å². The van der Waals surface area contributed by atoms with E-state index < -0.39 is 17.9 Å². The normalized spacial score (nSPS) is 11.8. The molecule has 0 atom stereocenters. The number of allylic oxidation sites excluding steroid dienone is 2. The zero-order chi connectivity index (χ0) is 24.8. The Morgan fingerprint density at radius 3 is 1.30 bits per heavy atom. The number of aliphatic carboxylic acids is 3. The molecular formula is C26H48NO6+. The minimum atomic E-state index is -0.774. The molecule has 0 rings (SSSR count). The Morgan fingerprint density at radius 1 is 0.545 bits per heavy atom. The van der Waals surface area contributed by atoms with Gasteiger partial charge in [0, 0.05) is 19.3 Å². The number of quaternary nitrogens is 1. The van der Waals surface area contributed by atoms with Gasteiger partial charge in [0.15, 0.2) is 0 Å². The zero-order valence-corrected chi connectivity index (χ0v) is 20.8. The van der Waals surface area contributed by atoms with E-state index in [2.05, 4.69) is 19.1 Å². The predicted molar refractivity (Wildman–Crippen MR) is 131 cm³/mol. The smallest absolute Gasteiger partial charge is 0.303 e. The lowest BCUT2D eigenvalue weighted by atomic mass is 10.1. The average molecular weight is 471 g/mol. The minimum Gasteiger partial charge on any atom is -0.481 e. The molecule has 0 aliphatic carbocycles. The summed E-state index contributed by atoms with van der Waals surface area (Å²) in [5, 5.41) is 26.9. The Bertz CT molecular complexity index is 506. The zero-order valence-electron chi connectivity index (χ0n) is 20.8. The van der Waals surface area contributed by atoms with Crippen molar-refractivity contribution in [1.29, 1.82) is 0 Å². The lowest BCUT2D eigenvalue weighted by Crippen LogP contribution is -2.51. The van der Waals surface area contributed by atoms with Crippen LogP contribution in [0.15, 0.2) is 12.2 Å². The van der Waals surface area contributed by atoms with Crippen LogP contribution in [0, 0.1) is 0 Å². The molecule has 0 amide bonds. The van der Waals surface area contributed by atoms with Gasteiger partial charge in [-0.2, -0.15) is 0 Å². The van der Waals surface area contributed by atoms with Gasteiger partial charge in [0.1, 0.15) is 0 Å². The number of hydrogen-bond donors (Lipinski definition) is 3. The minimum absolute atomic E-state index is 0.170. The second-order valence-electron chi connectivity index (χ2n) is 9.25. The number of carboxylic acids is 3. The maximum atomic E-state index is 10.9. The fourth-order valence-electron chi connectivity index (χ4n) is 4.31. The van der Waals surface area contributed by atoms with Crippen molar-refractivity contribution >= 4 is 17.9 Å². The Labute approximate surface area is 200 Å². The summed E-state index contributed by atoms with van der Waals surface area (Å²) in [6.45, 7) is 5.83. The molecule has 0 aliphatic rings. The highest BCUT2D eigenvalue weighted by molar-refractivity contribution is 5.67. The van der Waals surface area contributed by atoms with Crippen LogP contribution in [0.3, 0.4) is 0 Å². The van der Waals surface area contributed by atoms with E-state index in [0.29, 0.717) is 19.3 Å². The third-order valence-corrected chi connectivity index (χ3v) is 6.19. The van der Waals surface area contributed by atoms with E-state index in [1.165, 1.54) is 19.3 Å². The van der Waals surface area contributed by atoms with Crippen LogP contribution < -0.4 is 0 Å². The van der Waals surface area contributed by atoms with Crippen LogP contribution in [0.5, 0.6) is 0 Å².